The second kappa shape index (κ2) is 12.9. The number of hydrogen-bond donors (Lipinski definition) is 3. The smallest absolute Gasteiger partial charge is 0.217 e. The van der Waals surface area contributed by atoms with Crippen LogP contribution in [0.3, 0.4) is 0 Å². The molecule has 3 rings (SSSR count). The van der Waals surface area contributed by atoms with E-state index in [1.807, 2.05) is 0 Å². The average Bonchev–Trinajstić information content (AvgIpc) is 2.90. The zero-order valence-corrected chi connectivity index (χ0v) is 21.3. The van der Waals surface area contributed by atoms with Crippen molar-refractivity contribution in [2.75, 3.05) is 14.2 Å². The van der Waals surface area contributed by atoms with Crippen LogP contribution in [0.15, 0.2) is 78.9 Å². The van der Waals surface area contributed by atoms with Gasteiger partial charge in [-0.3, -0.25) is 14.4 Å². The van der Waals surface area contributed by atoms with Gasteiger partial charge in [0.2, 0.25) is 5.91 Å². The number of phenols is 2. The Bertz CT molecular complexity index is 1290. The number of carbonyl (C=O) groups excluding carboxylic acids is 3. The number of ketones is 2. The monoisotopic (exact) mass is 515 g/mol. The van der Waals surface area contributed by atoms with E-state index in [9.17, 15) is 24.6 Å². The van der Waals surface area contributed by atoms with Crippen LogP contribution < -0.4 is 14.8 Å². The van der Waals surface area contributed by atoms with Gasteiger partial charge in [-0.2, -0.15) is 0 Å². The zero-order valence-electron chi connectivity index (χ0n) is 21.3. The summed E-state index contributed by atoms with van der Waals surface area (Å²) in [6, 6.07) is 17.1. The van der Waals surface area contributed by atoms with Crippen LogP contribution in [0.1, 0.15) is 29.7 Å². The van der Waals surface area contributed by atoms with Crippen LogP contribution >= 0.6 is 0 Å². The SMILES string of the molecule is COc1ccc(/C=C/C(=O)C(C(=O)/C=C/c2ccc(OC)c(O)c2)C(NC(C)=O)c2ccccc2)cc1O. The second-order valence-corrected chi connectivity index (χ2v) is 8.40. The summed E-state index contributed by atoms with van der Waals surface area (Å²) in [6.45, 7) is 1.31. The van der Waals surface area contributed by atoms with Crippen molar-refractivity contribution >= 4 is 29.6 Å². The van der Waals surface area contributed by atoms with Crippen LogP contribution in [0.25, 0.3) is 12.2 Å². The molecule has 38 heavy (non-hydrogen) atoms. The molecule has 0 saturated heterocycles. The number of methoxy groups -OCH3 is 2. The minimum Gasteiger partial charge on any atom is -0.504 e. The van der Waals surface area contributed by atoms with Crippen molar-refractivity contribution in [1.82, 2.24) is 5.32 Å². The van der Waals surface area contributed by atoms with Gasteiger partial charge < -0.3 is 25.0 Å². The van der Waals surface area contributed by atoms with Gasteiger partial charge in [0.1, 0.15) is 5.92 Å². The van der Waals surface area contributed by atoms with Gasteiger partial charge in [0.05, 0.1) is 20.3 Å². The van der Waals surface area contributed by atoms with Crippen LogP contribution in [0, 0.1) is 5.92 Å². The topological polar surface area (TPSA) is 122 Å². The fraction of sp³-hybridized carbons (Fsp3) is 0.167. The number of allylic oxidation sites excluding steroid dienone is 2. The van der Waals surface area contributed by atoms with Crippen LogP contribution in [-0.4, -0.2) is 41.9 Å². The molecule has 0 fully saturated rings. The van der Waals surface area contributed by atoms with Crippen molar-refractivity contribution in [2.24, 2.45) is 5.92 Å². The fourth-order valence-electron chi connectivity index (χ4n) is 3.89. The van der Waals surface area contributed by atoms with Crippen molar-refractivity contribution < 1.29 is 34.1 Å². The number of ether oxygens (including phenoxy) is 2. The second-order valence-electron chi connectivity index (χ2n) is 8.40. The summed E-state index contributed by atoms with van der Waals surface area (Å²) in [5, 5.41) is 22.8. The van der Waals surface area contributed by atoms with Crippen molar-refractivity contribution in [1.29, 1.82) is 0 Å². The molecule has 0 heterocycles. The molecule has 3 aromatic rings. The Morgan fingerprint density at radius 1 is 0.763 bits per heavy atom. The van der Waals surface area contributed by atoms with E-state index in [0.717, 1.165) is 0 Å². The predicted molar refractivity (Wildman–Crippen MR) is 144 cm³/mol. The molecule has 3 aromatic carbocycles. The lowest BCUT2D eigenvalue weighted by Crippen LogP contribution is -2.39. The molecular weight excluding hydrogens is 486 g/mol. The molecular formula is C30H29NO7. The number of nitrogens with one attached hydrogen (secondary N) is 1. The molecule has 0 bridgehead atoms. The molecule has 0 spiro atoms. The van der Waals surface area contributed by atoms with Gasteiger partial charge >= 0.3 is 0 Å². The first-order chi connectivity index (χ1) is 18.2. The molecule has 0 saturated carbocycles. The number of amides is 1. The molecule has 8 nitrogen and oxygen atoms in total. The highest BCUT2D eigenvalue weighted by atomic mass is 16.5. The summed E-state index contributed by atoms with van der Waals surface area (Å²) >= 11 is 0. The average molecular weight is 516 g/mol. The van der Waals surface area contributed by atoms with E-state index in [0.29, 0.717) is 16.7 Å². The van der Waals surface area contributed by atoms with Gasteiger partial charge in [-0.15, -0.1) is 0 Å². The number of carbonyl (C=O) groups is 3. The number of phenolic OH excluding ortho intramolecular Hbond substituents is 2. The zero-order chi connectivity index (χ0) is 27.7. The summed E-state index contributed by atoms with van der Waals surface area (Å²) in [5.74, 6) is -2.41. The van der Waals surface area contributed by atoms with Gasteiger partial charge in [0.25, 0.3) is 0 Å². The number of aromatic hydroxyl groups is 2. The van der Waals surface area contributed by atoms with E-state index in [1.165, 1.54) is 57.6 Å². The number of hydrogen-bond acceptors (Lipinski definition) is 7. The van der Waals surface area contributed by atoms with Crippen molar-refractivity contribution in [2.45, 2.75) is 13.0 Å². The summed E-state index contributed by atoms with van der Waals surface area (Å²) in [7, 11) is 2.85. The standard InChI is InChI=1S/C30H29NO7/c1-19(32)31-30(22-7-5-4-6-8-22)29(23(33)13-9-20-11-15-27(37-2)25(35)17-20)24(34)14-10-21-12-16-28(38-3)26(36)18-21/h4-18,29-30,35-36H,1-3H3,(H,31,32)/b13-9+,14-10+. The molecule has 1 unspecified atom stereocenters. The Hall–Kier alpha value is -4.85. The highest BCUT2D eigenvalue weighted by Gasteiger charge is 2.34. The van der Waals surface area contributed by atoms with Crippen molar-refractivity contribution in [3.05, 3.63) is 95.6 Å². The largest absolute Gasteiger partial charge is 0.504 e. The van der Waals surface area contributed by atoms with Crippen LogP contribution in [-0.2, 0) is 14.4 Å². The van der Waals surface area contributed by atoms with E-state index in [1.54, 1.807) is 54.6 Å². The third kappa shape index (κ3) is 7.10. The molecule has 3 N–H and O–H groups in total. The molecule has 0 aliphatic rings. The predicted octanol–water partition coefficient (Wildman–Crippen LogP) is 4.47. The maximum Gasteiger partial charge on any atom is 0.217 e. The van der Waals surface area contributed by atoms with Gasteiger partial charge in [-0.1, -0.05) is 54.6 Å². The Morgan fingerprint density at radius 2 is 1.24 bits per heavy atom. The Balaban J connectivity index is 1.98. The molecule has 1 amide bonds. The number of benzene rings is 3. The van der Waals surface area contributed by atoms with Crippen LogP contribution in [0.5, 0.6) is 23.0 Å². The van der Waals surface area contributed by atoms with Crippen LogP contribution in [0.4, 0.5) is 0 Å². The lowest BCUT2D eigenvalue weighted by atomic mass is 9.85. The van der Waals surface area contributed by atoms with Crippen molar-refractivity contribution in [3.63, 3.8) is 0 Å². The van der Waals surface area contributed by atoms with Crippen molar-refractivity contribution in [3.8, 4) is 23.0 Å². The maximum absolute atomic E-state index is 13.5. The third-order valence-electron chi connectivity index (χ3n) is 5.75. The highest BCUT2D eigenvalue weighted by Crippen LogP contribution is 2.29. The molecule has 0 radical (unpaired) electrons. The quantitative estimate of drug-likeness (QED) is 0.254. The van der Waals surface area contributed by atoms with Gasteiger partial charge in [-0.05, 0) is 53.1 Å². The highest BCUT2D eigenvalue weighted by molar-refractivity contribution is 6.14. The van der Waals surface area contributed by atoms with E-state index in [-0.39, 0.29) is 23.0 Å². The van der Waals surface area contributed by atoms with E-state index >= 15 is 0 Å². The summed E-state index contributed by atoms with van der Waals surface area (Å²) in [5.41, 5.74) is 1.62. The van der Waals surface area contributed by atoms with Gasteiger partial charge in [-0.25, -0.2) is 0 Å². The molecule has 0 aromatic heterocycles. The fourth-order valence-corrected chi connectivity index (χ4v) is 3.89. The summed E-state index contributed by atoms with van der Waals surface area (Å²) in [4.78, 5) is 39.0. The first kappa shape index (κ1) is 27.7. The molecule has 0 aliphatic heterocycles. The lowest BCUT2D eigenvalue weighted by Gasteiger charge is -2.25. The Labute approximate surface area is 220 Å². The normalized spacial score (nSPS) is 12.0. The van der Waals surface area contributed by atoms with Gasteiger partial charge in [0, 0.05) is 6.92 Å². The first-order valence-corrected chi connectivity index (χ1v) is 11.7. The maximum atomic E-state index is 13.5. The van der Waals surface area contributed by atoms with E-state index in [2.05, 4.69) is 5.32 Å². The molecule has 1 atom stereocenters. The van der Waals surface area contributed by atoms with E-state index in [4.69, 9.17) is 9.47 Å². The van der Waals surface area contributed by atoms with Gasteiger partial charge in [0.15, 0.2) is 34.6 Å². The summed E-state index contributed by atoms with van der Waals surface area (Å²) < 4.78 is 10.1. The molecule has 8 heteroatoms. The van der Waals surface area contributed by atoms with Crippen LogP contribution in [0.2, 0.25) is 0 Å². The lowest BCUT2D eigenvalue weighted by molar-refractivity contribution is -0.129. The Morgan fingerprint density at radius 3 is 1.63 bits per heavy atom. The third-order valence-corrected chi connectivity index (χ3v) is 5.75. The molecule has 196 valence electrons. The minimum absolute atomic E-state index is 0.0965. The van der Waals surface area contributed by atoms with E-state index < -0.39 is 29.4 Å². The minimum atomic E-state index is -1.28. The Kier molecular flexibility index (Phi) is 9.42. The number of rotatable bonds is 11. The molecule has 0 aliphatic carbocycles. The summed E-state index contributed by atoms with van der Waals surface area (Å²) in [6.07, 6.45) is 5.44. The first-order valence-electron chi connectivity index (χ1n) is 11.7.